The summed E-state index contributed by atoms with van der Waals surface area (Å²) in [5, 5.41) is 7.05. The summed E-state index contributed by atoms with van der Waals surface area (Å²) >= 11 is 0. The van der Waals surface area contributed by atoms with Crippen LogP contribution in [0.5, 0.6) is 0 Å². The lowest BCUT2D eigenvalue weighted by molar-refractivity contribution is -0.110. The van der Waals surface area contributed by atoms with Crippen molar-refractivity contribution in [3.63, 3.8) is 0 Å². The maximum Gasteiger partial charge on any atom is 0.279 e. The smallest absolute Gasteiger partial charge is 0.279 e. The molecule has 168 valence electrons. The zero-order valence-electron chi connectivity index (χ0n) is 17.7. The van der Waals surface area contributed by atoms with Crippen molar-refractivity contribution in [1.82, 2.24) is 9.97 Å². The Morgan fingerprint density at radius 1 is 1.12 bits per heavy atom. The summed E-state index contributed by atoms with van der Waals surface area (Å²) in [4.78, 5) is 28.0. The number of benzene rings is 1. The number of carbonyl (C=O) groups excluding carboxylic acids is 1. The Kier molecular flexibility index (Phi) is 5.69. The minimum Gasteiger partial charge on any atom is -0.389 e. The van der Waals surface area contributed by atoms with Gasteiger partial charge in [-0.2, -0.15) is 0 Å². The molecule has 32 heavy (non-hydrogen) atoms. The second-order valence-electron chi connectivity index (χ2n) is 8.54. The van der Waals surface area contributed by atoms with Crippen molar-refractivity contribution < 1.29 is 18.6 Å². The molecular weight excluding hydrogens is 428 g/mol. The summed E-state index contributed by atoms with van der Waals surface area (Å²) in [5.74, 6) is 4.33. The summed E-state index contributed by atoms with van der Waals surface area (Å²) in [6.07, 6.45) is 7.94. The van der Waals surface area contributed by atoms with Gasteiger partial charge in [0.05, 0.1) is 31.3 Å². The number of aromatic nitrogens is 2. The second kappa shape index (κ2) is 8.63. The van der Waals surface area contributed by atoms with Crippen molar-refractivity contribution >= 4 is 32.8 Å². The first kappa shape index (κ1) is 21.1. The van der Waals surface area contributed by atoms with E-state index in [4.69, 9.17) is 9.57 Å². The van der Waals surface area contributed by atoms with E-state index in [0.29, 0.717) is 35.4 Å². The lowest BCUT2D eigenvalue weighted by Crippen LogP contribution is -2.26. The highest BCUT2D eigenvalue weighted by atomic mass is 32.2. The van der Waals surface area contributed by atoms with E-state index in [1.807, 2.05) is 0 Å². The quantitative estimate of drug-likeness (QED) is 0.374. The summed E-state index contributed by atoms with van der Waals surface area (Å²) in [7, 11) is -2.31. The summed E-state index contributed by atoms with van der Waals surface area (Å²) in [5.41, 5.74) is 1.61. The minimum atomic E-state index is -2.31. The molecule has 1 unspecified atom stereocenters. The Labute approximate surface area is 187 Å². The lowest BCUT2D eigenvalue weighted by atomic mass is 10.1. The van der Waals surface area contributed by atoms with E-state index in [1.165, 1.54) is 0 Å². The predicted molar refractivity (Wildman–Crippen MR) is 122 cm³/mol. The first-order valence-electron chi connectivity index (χ1n) is 10.9. The van der Waals surface area contributed by atoms with Crippen LogP contribution >= 0.6 is 0 Å². The Morgan fingerprint density at radius 3 is 2.50 bits per heavy atom. The van der Waals surface area contributed by atoms with E-state index >= 15 is 0 Å². The highest BCUT2D eigenvalue weighted by Gasteiger charge is 2.32. The van der Waals surface area contributed by atoms with Gasteiger partial charge >= 0.3 is 0 Å². The number of carbonyl (C=O) groups is 1. The third-order valence-corrected chi connectivity index (χ3v) is 8.51. The van der Waals surface area contributed by atoms with Gasteiger partial charge in [0.2, 0.25) is 0 Å². The van der Waals surface area contributed by atoms with Gasteiger partial charge in [0, 0.05) is 28.0 Å². The molecule has 1 N–H and O–H groups in total. The number of oxime groups is 1. The highest BCUT2D eigenvalue weighted by Crippen LogP contribution is 2.38. The summed E-state index contributed by atoms with van der Waals surface area (Å²) < 4.78 is 18.2. The van der Waals surface area contributed by atoms with Crippen LogP contribution in [-0.2, 0) is 23.9 Å². The van der Waals surface area contributed by atoms with Crippen LogP contribution < -0.4 is 5.32 Å². The molecule has 0 radical (unpaired) electrons. The van der Waals surface area contributed by atoms with Gasteiger partial charge in [0.15, 0.2) is 17.6 Å². The van der Waals surface area contributed by atoms with Gasteiger partial charge < -0.3 is 14.9 Å². The molecule has 5 rings (SSSR count). The van der Waals surface area contributed by atoms with Gasteiger partial charge in [0.1, 0.15) is 0 Å². The number of rotatable bonds is 8. The Bertz CT molecular complexity index is 1120. The first-order chi connectivity index (χ1) is 15.5. The zero-order chi connectivity index (χ0) is 22.1. The number of nitrogens with one attached hydrogen (secondary N) is 1. The fourth-order valence-corrected chi connectivity index (χ4v) is 5.48. The third kappa shape index (κ3) is 4.68. The number of anilines is 1. The van der Waals surface area contributed by atoms with Gasteiger partial charge in [-0.1, -0.05) is 17.3 Å². The Hall–Kier alpha value is -2.78. The van der Waals surface area contributed by atoms with Gasteiger partial charge in [-0.15, -0.1) is 0 Å². The van der Waals surface area contributed by atoms with Crippen molar-refractivity contribution in [3.8, 4) is 0 Å². The van der Waals surface area contributed by atoms with Crippen LogP contribution in [-0.4, -0.2) is 56.2 Å². The van der Waals surface area contributed by atoms with Crippen molar-refractivity contribution in [2.45, 2.75) is 54.3 Å². The van der Waals surface area contributed by atoms with Crippen LogP contribution in [0.2, 0.25) is 0 Å². The molecule has 1 amide bonds. The molecule has 2 aliphatic carbocycles. The number of hydrogen-bond donors (Lipinski definition) is 1. The molecule has 3 aliphatic rings. The summed E-state index contributed by atoms with van der Waals surface area (Å²) in [6, 6.07) is 6.98. The molecule has 2 saturated carbocycles. The monoisotopic (exact) mass is 454 g/mol. The maximum atomic E-state index is 13.1. The van der Waals surface area contributed by atoms with E-state index in [9.17, 15) is 9.00 Å². The minimum absolute atomic E-state index is 0.110. The molecule has 3 fully saturated rings. The molecule has 2 aromatic rings. The molecular formula is C23H26N4O4S. The Morgan fingerprint density at radius 2 is 1.91 bits per heavy atom. The molecule has 1 aromatic heterocycles. The molecule has 0 bridgehead atoms. The molecule has 1 saturated heterocycles. The van der Waals surface area contributed by atoms with Crippen molar-refractivity contribution in [2.24, 2.45) is 5.16 Å². The zero-order valence-corrected chi connectivity index (χ0v) is 18.6. The third-order valence-electron chi connectivity index (χ3n) is 5.89. The fourth-order valence-electron chi connectivity index (χ4n) is 3.60. The van der Waals surface area contributed by atoms with E-state index in [1.54, 1.807) is 36.7 Å². The average molecular weight is 455 g/mol. The average Bonchev–Trinajstić information content (AvgIpc) is 3.73. The second-order valence-corrected chi connectivity index (χ2v) is 11.1. The molecule has 2 heterocycles. The summed E-state index contributed by atoms with van der Waals surface area (Å²) in [6.45, 7) is 1.05. The standard InChI is InChI=1S/C23H26N4O4S/c1-32(29,19-8-9-19)18-6-4-16(5-7-18)22(27-31-17-10-11-30-14-17)23(28)26-21-13-24-20(12-25-21)15-2-3-15/h4-7,12-13,15,17,19H,1-3,8-11,14H2,(H,25,26,28)/b27-22+/t17-,32?/m1/s1. The largest absolute Gasteiger partial charge is 0.389 e. The molecule has 1 aromatic carbocycles. The number of hydrogen-bond acceptors (Lipinski definition) is 7. The van der Waals surface area contributed by atoms with Crippen LogP contribution in [0.1, 0.15) is 49.3 Å². The van der Waals surface area contributed by atoms with Crippen LogP contribution in [0.25, 0.3) is 0 Å². The molecule has 9 heteroatoms. The normalized spacial score (nSPS) is 22.9. The van der Waals surface area contributed by atoms with E-state index in [-0.39, 0.29) is 17.1 Å². The van der Waals surface area contributed by atoms with Crippen molar-refractivity contribution in [1.29, 1.82) is 0 Å². The van der Waals surface area contributed by atoms with Crippen LogP contribution in [0, 0.1) is 0 Å². The fraction of sp³-hybridized carbons (Fsp3) is 0.435. The maximum absolute atomic E-state index is 13.1. The van der Waals surface area contributed by atoms with E-state index < -0.39 is 15.4 Å². The molecule has 1 aliphatic heterocycles. The molecule has 2 atom stereocenters. The highest BCUT2D eigenvalue weighted by molar-refractivity contribution is 8.01. The Balaban J connectivity index is 1.36. The molecule has 8 nitrogen and oxygen atoms in total. The van der Waals surface area contributed by atoms with Gasteiger partial charge in [-0.3, -0.25) is 14.0 Å². The number of amides is 1. The van der Waals surface area contributed by atoms with Gasteiger partial charge in [0.25, 0.3) is 5.91 Å². The number of ether oxygens (including phenoxy) is 1. The van der Waals surface area contributed by atoms with Crippen LogP contribution in [0.3, 0.4) is 0 Å². The van der Waals surface area contributed by atoms with Crippen molar-refractivity contribution in [2.75, 3.05) is 18.5 Å². The van der Waals surface area contributed by atoms with E-state index in [2.05, 4.69) is 26.3 Å². The predicted octanol–water partition coefficient (Wildman–Crippen LogP) is 2.74. The van der Waals surface area contributed by atoms with Gasteiger partial charge in [-0.25, -0.2) is 4.98 Å². The topological polar surface area (TPSA) is 103 Å². The van der Waals surface area contributed by atoms with Gasteiger partial charge in [-0.05, 0) is 53.2 Å². The lowest BCUT2D eigenvalue weighted by Gasteiger charge is -2.12. The SMILES string of the molecule is C=S(=O)(c1ccc(/C(=N\O[C@@H]2CCOC2)C(=O)Nc2cnc(C3CC3)cn2)cc1)C1CC1. The number of nitrogens with zero attached hydrogens (tertiary/aromatic N) is 3. The van der Waals surface area contributed by atoms with E-state index in [0.717, 1.165) is 37.8 Å². The van der Waals surface area contributed by atoms with Crippen LogP contribution in [0.15, 0.2) is 46.7 Å². The molecule has 0 spiro atoms. The van der Waals surface area contributed by atoms with Crippen molar-refractivity contribution in [3.05, 3.63) is 47.9 Å². The first-order valence-corrected chi connectivity index (χ1v) is 12.7. The van der Waals surface area contributed by atoms with Crippen LogP contribution in [0.4, 0.5) is 5.82 Å².